The summed E-state index contributed by atoms with van der Waals surface area (Å²) in [5.74, 6) is -1.02. The monoisotopic (exact) mass is 204 g/mol. The van der Waals surface area contributed by atoms with E-state index < -0.39 is 11.9 Å². The molecule has 0 N–H and O–H groups in total. The second kappa shape index (κ2) is 3.50. The number of rotatable bonds is 2. The fraction of sp³-hybridized carbons (Fsp3) is 0.333. The first-order valence-electron chi connectivity index (χ1n) is 5.10. The molecule has 3 nitrogen and oxygen atoms in total. The van der Waals surface area contributed by atoms with E-state index in [2.05, 4.69) is 4.74 Å². The largest absolute Gasteiger partial charge is 0.386 e. The molecule has 78 valence electrons. The van der Waals surface area contributed by atoms with Gasteiger partial charge in [0, 0.05) is 0 Å². The molecule has 2 rings (SSSR count). The Hall–Kier alpha value is -1.64. The van der Waals surface area contributed by atoms with Gasteiger partial charge in [0.15, 0.2) is 0 Å². The summed E-state index contributed by atoms with van der Waals surface area (Å²) in [7, 11) is 0. The van der Waals surface area contributed by atoms with Crippen LogP contribution in [0, 0.1) is 0 Å². The molecule has 0 aromatic heterocycles. The van der Waals surface area contributed by atoms with Gasteiger partial charge in [0.2, 0.25) is 0 Å². The minimum Gasteiger partial charge on any atom is -0.386 e. The molecule has 1 aromatic rings. The summed E-state index contributed by atoms with van der Waals surface area (Å²) < 4.78 is 4.60. The maximum absolute atomic E-state index is 11.5. The van der Waals surface area contributed by atoms with Crippen LogP contribution in [0.3, 0.4) is 0 Å². The Kier molecular flexibility index (Phi) is 2.31. The molecular weight excluding hydrogens is 192 g/mol. The first kappa shape index (κ1) is 9.90. The standard InChI is InChI=1S/C12H12O3/c1-3-7-5-6-9-10(8(7)4-2)12(14)15-11(9)13/h5-6H,3-4H2,1-2H3. The van der Waals surface area contributed by atoms with Crippen LogP contribution in [0.5, 0.6) is 0 Å². The van der Waals surface area contributed by atoms with Crippen LogP contribution in [-0.2, 0) is 17.6 Å². The van der Waals surface area contributed by atoms with E-state index in [-0.39, 0.29) is 0 Å². The molecular formula is C12H12O3. The fourth-order valence-corrected chi connectivity index (χ4v) is 2.02. The molecule has 1 aromatic carbocycles. The van der Waals surface area contributed by atoms with Gasteiger partial charge in [-0.25, -0.2) is 9.59 Å². The lowest BCUT2D eigenvalue weighted by Crippen LogP contribution is -2.03. The number of hydrogen-bond donors (Lipinski definition) is 0. The van der Waals surface area contributed by atoms with Gasteiger partial charge in [-0.05, 0) is 30.0 Å². The molecule has 0 radical (unpaired) electrons. The van der Waals surface area contributed by atoms with Gasteiger partial charge >= 0.3 is 11.9 Å². The summed E-state index contributed by atoms with van der Waals surface area (Å²) in [5, 5.41) is 0. The topological polar surface area (TPSA) is 43.4 Å². The van der Waals surface area contributed by atoms with Crippen LogP contribution < -0.4 is 0 Å². The maximum Gasteiger partial charge on any atom is 0.347 e. The van der Waals surface area contributed by atoms with Gasteiger partial charge in [-0.1, -0.05) is 19.9 Å². The Labute approximate surface area is 88.1 Å². The van der Waals surface area contributed by atoms with Crippen LogP contribution in [-0.4, -0.2) is 11.9 Å². The van der Waals surface area contributed by atoms with Gasteiger partial charge in [-0.2, -0.15) is 0 Å². The third-order valence-electron chi connectivity index (χ3n) is 2.75. The molecule has 0 aliphatic carbocycles. The van der Waals surface area contributed by atoms with Gasteiger partial charge < -0.3 is 4.74 Å². The number of carbonyl (C=O) groups excluding carboxylic acids is 2. The Morgan fingerprint density at radius 3 is 2.40 bits per heavy atom. The zero-order valence-electron chi connectivity index (χ0n) is 8.79. The van der Waals surface area contributed by atoms with E-state index >= 15 is 0 Å². The summed E-state index contributed by atoms with van der Waals surface area (Å²) in [6.07, 6.45) is 1.60. The lowest BCUT2D eigenvalue weighted by molar-refractivity contribution is 0.0443. The average Bonchev–Trinajstić information content (AvgIpc) is 2.53. The summed E-state index contributed by atoms with van der Waals surface area (Å²) in [6, 6.07) is 3.58. The number of fused-ring (bicyclic) bond motifs is 1. The van der Waals surface area contributed by atoms with Crippen LogP contribution in [0.25, 0.3) is 0 Å². The number of esters is 2. The van der Waals surface area contributed by atoms with Crippen molar-refractivity contribution in [3.8, 4) is 0 Å². The van der Waals surface area contributed by atoms with E-state index in [4.69, 9.17) is 0 Å². The summed E-state index contributed by atoms with van der Waals surface area (Å²) in [6.45, 7) is 4.01. The number of aryl methyl sites for hydroxylation is 1. The van der Waals surface area contributed by atoms with Gasteiger partial charge in [-0.3, -0.25) is 0 Å². The normalized spacial score (nSPS) is 14.0. The third kappa shape index (κ3) is 1.35. The molecule has 0 saturated heterocycles. The minimum atomic E-state index is -0.521. The Morgan fingerprint density at radius 1 is 1.07 bits per heavy atom. The highest BCUT2D eigenvalue weighted by atomic mass is 16.6. The van der Waals surface area contributed by atoms with Crippen LogP contribution in [0.15, 0.2) is 12.1 Å². The number of ether oxygens (including phenoxy) is 1. The number of benzene rings is 1. The van der Waals surface area contributed by atoms with Crippen molar-refractivity contribution >= 4 is 11.9 Å². The van der Waals surface area contributed by atoms with Crippen molar-refractivity contribution in [1.82, 2.24) is 0 Å². The van der Waals surface area contributed by atoms with Crippen LogP contribution in [0.1, 0.15) is 45.7 Å². The van der Waals surface area contributed by atoms with Crippen molar-refractivity contribution in [2.24, 2.45) is 0 Å². The summed E-state index contributed by atoms with van der Waals surface area (Å²) >= 11 is 0. The minimum absolute atomic E-state index is 0.411. The Bertz CT molecular complexity index is 446. The second-order valence-corrected chi connectivity index (χ2v) is 3.51. The predicted octanol–water partition coefficient (Wildman–Crippen LogP) is 2.12. The lowest BCUT2D eigenvalue weighted by atomic mass is 9.94. The second-order valence-electron chi connectivity index (χ2n) is 3.51. The zero-order chi connectivity index (χ0) is 11.0. The fourth-order valence-electron chi connectivity index (χ4n) is 2.02. The molecule has 0 atom stereocenters. The van der Waals surface area contributed by atoms with Crippen molar-refractivity contribution in [1.29, 1.82) is 0 Å². The molecule has 0 bridgehead atoms. The Morgan fingerprint density at radius 2 is 1.80 bits per heavy atom. The van der Waals surface area contributed by atoms with Crippen LogP contribution in [0.2, 0.25) is 0 Å². The molecule has 1 heterocycles. The molecule has 0 spiro atoms. The van der Waals surface area contributed by atoms with E-state index in [1.54, 1.807) is 6.07 Å². The smallest absolute Gasteiger partial charge is 0.347 e. The van der Waals surface area contributed by atoms with E-state index in [1.807, 2.05) is 19.9 Å². The van der Waals surface area contributed by atoms with Crippen molar-refractivity contribution in [3.05, 3.63) is 34.4 Å². The molecule has 0 unspecified atom stereocenters. The SMILES string of the molecule is CCc1ccc2c(c1CC)C(=O)OC2=O. The first-order valence-corrected chi connectivity index (χ1v) is 5.10. The van der Waals surface area contributed by atoms with E-state index in [0.29, 0.717) is 11.1 Å². The summed E-state index contributed by atoms with van der Waals surface area (Å²) in [5.41, 5.74) is 2.95. The van der Waals surface area contributed by atoms with Crippen molar-refractivity contribution in [2.45, 2.75) is 26.7 Å². The molecule has 1 aliphatic heterocycles. The van der Waals surface area contributed by atoms with Crippen molar-refractivity contribution in [3.63, 3.8) is 0 Å². The third-order valence-corrected chi connectivity index (χ3v) is 2.75. The lowest BCUT2D eigenvalue weighted by Gasteiger charge is -2.07. The predicted molar refractivity (Wildman–Crippen MR) is 54.9 cm³/mol. The molecule has 0 amide bonds. The average molecular weight is 204 g/mol. The van der Waals surface area contributed by atoms with Crippen LogP contribution >= 0.6 is 0 Å². The number of cyclic esters (lactones) is 2. The highest BCUT2D eigenvalue weighted by Crippen LogP contribution is 2.27. The molecule has 3 heteroatoms. The molecule has 0 saturated carbocycles. The van der Waals surface area contributed by atoms with Gasteiger partial charge in [0.05, 0.1) is 11.1 Å². The number of hydrogen-bond acceptors (Lipinski definition) is 3. The van der Waals surface area contributed by atoms with E-state index in [0.717, 1.165) is 24.0 Å². The molecule has 0 fully saturated rings. The van der Waals surface area contributed by atoms with Gasteiger partial charge in [0.25, 0.3) is 0 Å². The zero-order valence-corrected chi connectivity index (χ0v) is 8.79. The number of carbonyl (C=O) groups is 2. The van der Waals surface area contributed by atoms with Crippen molar-refractivity contribution in [2.75, 3.05) is 0 Å². The molecule has 1 aliphatic rings. The first-order chi connectivity index (χ1) is 7.19. The quantitative estimate of drug-likeness (QED) is 0.547. The van der Waals surface area contributed by atoms with Crippen molar-refractivity contribution < 1.29 is 14.3 Å². The van der Waals surface area contributed by atoms with E-state index in [1.165, 1.54) is 0 Å². The van der Waals surface area contributed by atoms with Gasteiger partial charge in [-0.15, -0.1) is 0 Å². The highest BCUT2D eigenvalue weighted by Gasteiger charge is 2.32. The maximum atomic E-state index is 11.5. The van der Waals surface area contributed by atoms with Gasteiger partial charge in [0.1, 0.15) is 0 Å². The Balaban J connectivity index is 2.70. The van der Waals surface area contributed by atoms with Crippen LogP contribution in [0.4, 0.5) is 0 Å². The molecule has 15 heavy (non-hydrogen) atoms. The van der Waals surface area contributed by atoms with E-state index in [9.17, 15) is 9.59 Å². The summed E-state index contributed by atoms with van der Waals surface area (Å²) in [4.78, 5) is 22.8. The highest BCUT2D eigenvalue weighted by molar-refractivity contribution is 6.15.